The lowest BCUT2D eigenvalue weighted by Gasteiger charge is -2.28. The topological polar surface area (TPSA) is 126 Å². The lowest BCUT2D eigenvalue weighted by atomic mass is 10.0. The summed E-state index contributed by atoms with van der Waals surface area (Å²) in [7, 11) is -3.87. The van der Waals surface area contributed by atoms with Crippen molar-refractivity contribution in [2.24, 2.45) is 5.92 Å². The Morgan fingerprint density at radius 3 is 2.00 bits per heavy atom. The number of hydrogen-bond acceptors (Lipinski definition) is 6. The summed E-state index contributed by atoms with van der Waals surface area (Å²) in [5, 5.41) is 2.68. The van der Waals surface area contributed by atoms with Crippen molar-refractivity contribution in [1.29, 1.82) is 0 Å². The number of imide groups is 1. The minimum atomic E-state index is -3.87. The van der Waals surface area contributed by atoms with E-state index < -0.39 is 33.8 Å². The number of nitrogens with zero attached hydrogens (tertiary/aromatic N) is 2. The monoisotopic (exact) mass is 478 g/mol. The summed E-state index contributed by atoms with van der Waals surface area (Å²) < 4.78 is 27.5. The quantitative estimate of drug-likeness (QED) is 0.503. The molecular formula is C24H22N4O5S. The highest BCUT2D eigenvalue weighted by Crippen LogP contribution is 2.28. The standard InChI is InChI=1S/C24H22N4O5S/c1-15(2)21(28-23(30)18-7-3-4-8-19(18)24(28)31)22(29)26-16-10-12-17(13-11-16)34(32,33)27-20-9-5-6-14-25-20/h3-15,21H,1-2H3,(H,25,27)(H,26,29). The Hall–Kier alpha value is -4.05. The Balaban J connectivity index is 1.51. The van der Waals surface area contributed by atoms with Crippen molar-refractivity contribution in [1.82, 2.24) is 9.88 Å². The Kier molecular flexibility index (Phi) is 6.16. The number of carbonyl (C=O) groups excluding carboxylic acids is 3. The molecule has 0 radical (unpaired) electrons. The fourth-order valence-corrected chi connectivity index (χ4v) is 4.74. The van der Waals surface area contributed by atoms with E-state index in [1.54, 1.807) is 50.2 Å². The summed E-state index contributed by atoms with van der Waals surface area (Å²) in [5.74, 6) is -1.76. The first-order valence-electron chi connectivity index (χ1n) is 10.5. The van der Waals surface area contributed by atoms with E-state index in [0.717, 1.165) is 4.90 Å². The Bertz CT molecular complexity index is 1320. The van der Waals surface area contributed by atoms with Crippen molar-refractivity contribution >= 4 is 39.3 Å². The molecule has 10 heteroatoms. The molecular weight excluding hydrogens is 456 g/mol. The number of amides is 3. The second-order valence-corrected chi connectivity index (χ2v) is 9.73. The van der Waals surface area contributed by atoms with Gasteiger partial charge in [-0.05, 0) is 54.4 Å². The molecule has 174 valence electrons. The van der Waals surface area contributed by atoms with Gasteiger partial charge in [0.2, 0.25) is 5.91 Å². The largest absolute Gasteiger partial charge is 0.324 e. The van der Waals surface area contributed by atoms with Gasteiger partial charge in [0.05, 0.1) is 16.0 Å². The van der Waals surface area contributed by atoms with Gasteiger partial charge in [0.1, 0.15) is 11.9 Å². The van der Waals surface area contributed by atoms with Crippen LogP contribution in [0.2, 0.25) is 0 Å². The number of benzene rings is 2. The number of rotatable bonds is 7. The summed E-state index contributed by atoms with van der Waals surface area (Å²) in [6.07, 6.45) is 1.47. The van der Waals surface area contributed by atoms with Crippen molar-refractivity contribution in [3.8, 4) is 0 Å². The molecule has 1 atom stereocenters. The van der Waals surface area contributed by atoms with Crippen molar-refractivity contribution in [2.45, 2.75) is 24.8 Å². The average molecular weight is 479 g/mol. The van der Waals surface area contributed by atoms with Gasteiger partial charge in [-0.1, -0.05) is 32.0 Å². The summed E-state index contributed by atoms with van der Waals surface area (Å²) >= 11 is 0. The highest BCUT2D eigenvalue weighted by molar-refractivity contribution is 7.92. The summed E-state index contributed by atoms with van der Waals surface area (Å²) in [5.41, 5.74) is 0.853. The van der Waals surface area contributed by atoms with Crippen molar-refractivity contribution in [2.75, 3.05) is 10.0 Å². The molecule has 0 fully saturated rings. The predicted molar refractivity (Wildman–Crippen MR) is 126 cm³/mol. The molecule has 0 spiro atoms. The molecule has 34 heavy (non-hydrogen) atoms. The lowest BCUT2D eigenvalue weighted by molar-refractivity contribution is -0.121. The summed E-state index contributed by atoms with van der Waals surface area (Å²) in [6, 6.07) is 15.8. The lowest BCUT2D eigenvalue weighted by Crippen LogP contribution is -2.50. The number of nitrogens with one attached hydrogen (secondary N) is 2. The molecule has 9 nitrogen and oxygen atoms in total. The molecule has 1 aromatic heterocycles. The molecule has 2 heterocycles. The smallest absolute Gasteiger partial charge is 0.263 e. The van der Waals surface area contributed by atoms with E-state index in [1.165, 1.54) is 36.5 Å². The first-order chi connectivity index (χ1) is 16.2. The highest BCUT2D eigenvalue weighted by Gasteiger charge is 2.43. The molecule has 1 unspecified atom stereocenters. The van der Waals surface area contributed by atoms with E-state index >= 15 is 0 Å². The van der Waals surface area contributed by atoms with Gasteiger partial charge in [-0.3, -0.25) is 24.0 Å². The van der Waals surface area contributed by atoms with Crippen LogP contribution in [0.5, 0.6) is 0 Å². The molecule has 3 amide bonds. The van der Waals surface area contributed by atoms with E-state index in [0.29, 0.717) is 5.69 Å². The van der Waals surface area contributed by atoms with Crippen LogP contribution >= 0.6 is 0 Å². The minimum Gasteiger partial charge on any atom is -0.324 e. The number of anilines is 2. The van der Waals surface area contributed by atoms with Gasteiger partial charge in [0.15, 0.2) is 0 Å². The number of hydrogen-bond donors (Lipinski definition) is 2. The highest BCUT2D eigenvalue weighted by atomic mass is 32.2. The Morgan fingerprint density at radius 1 is 0.882 bits per heavy atom. The van der Waals surface area contributed by atoms with Crippen LogP contribution in [0.15, 0.2) is 77.8 Å². The molecule has 0 saturated carbocycles. The molecule has 0 aliphatic carbocycles. The van der Waals surface area contributed by atoms with Crippen molar-refractivity contribution < 1.29 is 22.8 Å². The van der Waals surface area contributed by atoms with E-state index in [2.05, 4.69) is 15.0 Å². The second kappa shape index (κ2) is 9.06. The third-order valence-electron chi connectivity index (χ3n) is 5.34. The number of pyridine rings is 1. The van der Waals surface area contributed by atoms with E-state index in [9.17, 15) is 22.8 Å². The fourth-order valence-electron chi connectivity index (χ4n) is 3.73. The number of aromatic nitrogens is 1. The molecule has 1 aliphatic heterocycles. The molecule has 0 bridgehead atoms. The third kappa shape index (κ3) is 4.40. The van der Waals surface area contributed by atoms with E-state index in [-0.39, 0.29) is 27.8 Å². The van der Waals surface area contributed by atoms with Crippen LogP contribution in [0, 0.1) is 5.92 Å². The second-order valence-electron chi connectivity index (χ2n) is 8.05. The SMILES string of the molecule is CC(C)C(C(=O)Nc1ccc(S(=O)(=O)Nc2ccccn2)cc1)N1C(=O)c2ccccc2C1=O. The van der Waals surface area contributed by atoms with Crippen LogP contribution in [0.25, 0.3) is 0 Å². The fraction of sp³-hybridized carbons (Fsp3) is 0.167. The molecule has 2 N–H and O–H groups in total. The zero-order valence-electron chi connectivity index (χ0n) is 18.4. The zero-order valence-corrected chi connectivity index (χ0v) is 19.2. The first kappa shape index (κ1) is 23.1. The Labute approximate surface area is 196 Å². The third-order valence-corrected chi connectivity index (χ3v) is 6.71. The molecule has 3 aromatic rings. The van der Waals surface area contributed by atoms with Gasteiger partial charge >= 0.3 is 0 Å². The molecule has 0 saturated heterocycles. The summed E-state index contributed by atoms with van der Waals surface area (Å²) in [6.45, 7) is 3.49. The molecule has 2 aromatic carbocycles. The average Bonchev–Trinajstić information content (AvgIpc) is 3.05. The van der Waals surface area contributed by atoms with Crippen LogP contribution in [-0.2, 0) is 14.8 Å². The number of carbonyl (C=O) groups is 3. The van der Waals surface area contributed by atoms with Gasteiger partial charge in [-0.15, -0.1) is 0 Å². The van der Waals surface area contributed by atoms with Gasteiger partial charge in [0.25, 0.3) is 21.8 Å². The van der Waals surface area contributed by atoms with Crippen LogP contribution < -0.4 is 10.0 Å². The van der Waals surface area contributed by atoms with E-state index in [1.807, 2.05) is 0 Å². The first-order valence-corrected chi connectivity index (χ1v) is 12.0. The Morgan fingerprint density at radius 2 is 1.47 bits per heavy atom. The van der Waals surface area contributed by atoms with Crippen molar-refractivity contribution in [3.63, 3.8) is 0 Å². The van der Waals surface area contributed by atoms with Crippen LogP contribution in [0.3, 0.4) is 0 Å². The normalized spacial score (nSPS) is 14.1. The van der Waals surface area contributed by atoms with E-state index in [4.69, 9.17) is 0 Å². The van der Waals surface area contributed by atoms with Crippen LogP contribution in [-0.4, -0.2) is 42.1 Å². The van der Waals surface area contributed by atoms with Crippen molar-refractivity contribution in [3.05, 3.63) is 84.1 Å². The maximum absolute atomic E-state index is 13.1. The van der Waals surface area contributed by atoms with Gasteiger partial charge < -0.3 is 5.32 Å². The van der Waals surface area contributed by atoms with Gasteiger partial charge in [-0.2, -0.15) is 0 Å². The van der Waals surface area contributed by atoms with Crippen LogP contribution in [0.4, 0.5) is 11.5 Å². The number of fused-ring (bicyclic) bond motifs is 1. The molecule has 4 rings (SSSR count). The predicted octanol–water partition coefficient (Wildman–Crippen LogP) is 3.14. The maximum Gasteiger partial charge on any atom is 0.263 e. The molecule has 1 aliphatic rings. The number of sulfonamides is 1. The summed E-state index contributed by atoms with van der Waals surface area (Å²) in [4.78, 5) is 43.7. The zero-order chi connectivity index (χ0) is 24.5. The maximum atomic E-state index is 13.1. The van der Waals surface area contributed by atoms with Crippen LogP contribution in [0.1, 0.15) is 34.6 Å². The van der Waals surface area contributed by atoms with Gasteiger partial charge in [0, 0.05) is 11.9 Å². The minimum absolute atomic E-state index is 0.0168. The van der Waals surface area contributed by atoms with Gasteiger partial charge in [-0.25, -0.2) is 13.4 Å².